The molecule has 1 unspecified atom stereocenters. The normalized spacial score (nSPS) is 12.6. The molecule has 1 aromatic rings. The summed E-state index contributed by atoms with van der Waals surface area (Å²) >= 11 is 0. The van der Waals surface area contributed by atoms with E-state index < -0.39 is 0 Å². The van der Waals surface area contributed by atoms with Crippen LogP contribution >= 0.6 is 0 Å². The molecule has 0 radical (unpaired) electrons. The Morgan fingerprint density at radius 3 is 2.00 bits per heavy atom. The van der Waals surface area contributed by atoms with Gasteiger partial charge in [0.2, 0.25) is 0 Å². The number of benzene rings is 1. The van der Waals surface area contributed by atoms with Crippen LogP contribution in [0.25, 0.3) is 0 Å². The molecule has 0 heterocycles. The summed E-state index contributed by atoms with van der Waals surface area (Å²) in [6, 6.07) is 8.46. The Labute approximate surface area is 128 Å². The van der Waals surface area contributed by atoms with Crippen LogP contribution in [-0.2, 0) is 9.47 Å². The Bertz CT molecular complexity index is 362. The van der Waals surface area contributed by atoms with E-state index in [1.54, 1.807) is 21.3 Å². The van der Waals surface area contributed by atoms with Crippen LogP contribution in [0, 0.1) is 0 Å². The zero-order valence-electron chi connectivity index (χ0n) is 13.6. The number of nitrogens with zero attached hydrogens (tertiary/aromatic N) is 1. The minimum Gasteiger partial charge on any atom is -0.497 e. The van der Waals surface area contributed by atoms with E-state index in [4.69, 9.17) is 14.2 Å². The molecule has 1 N–H and O–H groups in total. The van der Waals surface area contributed by atoms with Crippen molar-refractivity contribution in [3.63, 3.8) is 0 Å². The first-order chi connectivity index (χ1) is 10.2. The summed E-state index contributed by atoms with van der Waals surface area (Å²) in [5, 5.41) is 3.38. The summed E-state index contributed by atoms with van der Waals surface area (Å²) in [4.78, 5) is 2.35. The van der Waals surface area contributed by atoms with Gasteiger partial charge in [-0.1, -0.05) is 12.1 Å². The summed E-state index contributed by atoms with van der Waals surface area (Å²) in [5.41, 5.74) is 1.25. The highest BCUT2D eigenvalue weighted by atomic mass is 16.5. The summed E-state index contributed by atoms with van der Waals surface area (Å²) in [5.74, 6) is 0.879. The van der Waals surface area contributed by atoms with E-state index >= 15 is 0 Å². The summed E-state index contributed by atoms with van der Waals surface area (Å²) in [6.07, 6.45) is 0. The third kappa shape index (κ3) is 6.44. The van der Waals surface area contributed by atoms with Crippen LogP contribution in [0.1, 0.15) is 11.6 Å². The molecule has 1 atom stereocenters. The Balaban J connectivity index is 2.66. The number of methoxy groups -OCH3 is 3. The summed E-state index contributed by atoms with van der Waals surface area (Å²) < 4.78 is 15.6. The van der Waals surface area contributed by atoms with E-state index in [2.05, 4.69) is 22.3 Å². The molecule has 0 aliphatic carbocycles. The number of hydrogen-bond acceptors (Lipinski definition) is 5. The van der Waals surface area contributed by atoms with Gasteiger partial charge in [0.1, 0.15) is 5.75 Å². The standard InChI is InChI=1S/C16H28N2O3/c1-17-16(14-5-7-15(21-4)8-6-14)13-18(9-11-19-2)10-12-20-3/h5-8,16-17H,9-13H2,1-4H3. The van der Waals surface area contributed by atoms with Crippen molar-refractivity contribution in [3.8, 4) is 5.75 Å². The molecule has 0 spiro atoms. The smallest absolute Gasteiger partial charge is 0.118 e. The average molecular weight is 296 g/mol. The SMILES string of the molecule is CNC(CN(CCOC)CCOC)c1ccc(OC)cc1. The molecule has 1 aromatic carbocycles. The van der Waals surface area contributed by atoms with Gasteiger partial charge in [-0.25, -0.2) is 0 Å². The largest absolute Gasteiger partial charge is 0.497 e. The van der Waals surface area contributed by atoms with E-state index in [-0.39, 0.29) is 6.04 Å². The highest BCUT2D eigenvalue weighted by Gasteiger charge is 2.14. The van der Waals surface area contributed by atoms with Gasteiger partial charge in [0.25, 0.3) is 0 Å². The molecule has 120 valence electrons. The first-order valence-electron chi connectivity index (χ1n) is 7.26. The molecule has 0 saturated heterocycles. The minimum absolute atomic E-state index is 0.268. The Kier molecular flexibility index (Phi) is 9.01. The lowest BCUT2D eigenvalue weighted by atomic mass is 10.1. The maximum atomic E-state index is 5.21. The maximum Gasteiger partial charge on any atom is 0.118 e. The molecule has 5 heteroatoms. The fraction of sp³-hybridized carbons (Fsp3) is 0.625. The second-order valence-electron chi connectivity index (χ2n) is 4.90. The Hall–Kier alpha value is -1.14. The quantitative estimate of drug-likeness (QED) is 0.671. The Morgan fingerprint density at radius 2 is 1.57 bits per heavy atom. The highest BCUT2D eigenvalue weighted by Crippen LogP contribution is 2.18. The van der Waals surface area contributed by atoms with Crippen molar-refractivity contribution in [1.29, 1.82) is 0 Å². The maximum absolute atomic E-state index is 5.21. The number of likely N-dealkylation sites (N-methyl/N-ethyl adjacent to an activating group) is 1. The van der Waals surface area contributed by atoms with Gasteiger partial charge in [0, 0.05) is 39.9 Å². The van der Waals surface area contributed by atoms with Crippen molar-refractivity contribution in [2.75, 3.05) is 61.2 Å². The monoisotopic (exact) mass is 296 g/mol. The van der Waals surface area contributed by atoms with E-state index in [0.29, 0.717) is 0 Å². The molecule has 0 aromatic heterocycles. The van der Waals surface area contributed by atoms with Crippen molar-refractivity contribution < 1.29 is 14.2 Å². The fourth-order valence-electron chi connectivity index (χ4n) is 2.19. The van der Waals surface area contributed by atoms with E-state index in [0.717, 1.165) is 38.6 Å². The number of hydrogen-bond donors (Lipinski definition) is 1. The van der Waals surface area contributed by atoms with Gasteiger partial charge >= 0.3 is 0 Å². The average Bonchev–Trinajstić information content (AvgIpc) is 2.54. The fourth-order valence-corrected chi connectivity index (χ4v) is 2.19. The van der Waals surface area contributed by atoms with E-state index in [1.807, 2.05) is 19.2 Å². The molecule has 0 fully saturated rings. The van der Waals surface area contributed by atoms with Crippen LogP contribution in [0.2, 0.25) is 0 Å². The molecule has 21 heavy (non-hydrogen) atoms. The lowest BCUT2D eigenvalue weighted by Gasteiger charge is -2.27. The van der Waals surface area contributed by atoms with E-state index in [1.165, 1.54) is 5.56 Å². The molecule has 5 nitrogen and oxygen atoms in total. The molecule has 0 aliphatic heterocycles. The second-order valence-corrected chi connectivity index (χ2v) is 4.90. The number of rotatable bonds is 11. The van der Waals surface area contributed by atoms with Crippen LogP contribution in [0.5, 0.6) is 5.75 Å². The first kappa shape index (κ1) is 17.9. The second kappa shape index (κ2) is 10.6. The predicted octanol–water partition coefficient (Wildman–Crippen LogP) is 1.55. The summed E-state index contributed by atoms with van der Waals surface area (Å²) in [6.45, 7) is 4.16. The topological polar surface area (TPSA) is 43.0 Å². The highest BCUT2D eigenvalue weighted by molar-refractivity contribution is 5.29. The van der Waals surface area contributed by atoms with Crippen molar-refractivity contribution >= 4 is 0 Å². The minimum atomic E-state index is 0.268. The molecular weight excluding hydrogens is 268 g/mol. The summed E-state index contributed by atoms with van der Waals surface area (Å²) in [7, 11) is 7.13. The lowest BCUT2D eigenvalue weighted by Crippen LogP contribution is -2.37. The van der Waals surface area contributed by atoms with Crippen LogP contribution in [-0.4, -0.2) is 66.1 Å². The van der Waals surface area contributed by atoms with Crippen LogP contribution in [0.3, 0.4) is 0 Å². The third-order valence-electron chi connectivity index (χ3n) is 3.53. The zero-order valence-corrected chi connectivity index (χ0v) is 13.6. The van der Waals surface area contributed by atoms with E-state index in [9.17, 15) is 0 Å². The van der Waals surface area contributed by atoms with Gasteiger partial charge in [0.05, 0.1) is 20.3 Å². The van der Waals surface area contributed by atoms with Crippen molar-refractivity contribution in [3.05, 3.63) is 29.8 Å². The van der Waals surface area contributed by atoms with Gasteiger partial charge in [0.15, 0.2) is 0 Å². The van der Waals surface area contributed by atoms with Gasteiger partial charge < -0.3 is 19.5 Å². The van der Waals surface area contributed by atoms with Crippen molar-refractivity contribution in [1.82, 2.24) is 10.2 Å². The molecular formula is C16H28N2O3. The third-order valence-corrected chi connectivity index (χ3v) is 3.53. The van der Waals surface area contributed by atoms with Gasteiger partial charge in [-0.05, 0) is 24.7 Å². The van der Waals surface area contributed by atoms with Gasteiger partial charge in [-0.3, -0.25) is 4.90 Å². The number of nitrogens with one attached hydrogen (secondary N) is 1. The molecule has 0 saturated carbocycles. The van der Waals surface area contributed by atoms with Gasteiger partial charge in [-0.2, -0.15) is 0 Å². The van der Waals surface area contributed by atoms with Crippen molar-refractivity contribution in [2.45, 2.75) is 6.04 Å². The Morgan fingerprint density at radius 1 is 1.00 bits per heavy atom. The molecule has 0 amide bonds. The molecule has 0 aliphatic rings. The van der Waals surface area contributed by atoms with Gasteiger partial charge in [-0.15, -0.1) is 0 Å². The molecule has 0 bridgehead atoms. The first-order valence-corrected chi connectivity index (χ1v) is 7.26. The lowest BCUT2D eigenvalue weighted by molar-refractivity contribution is 0.108. The van der Waals surface area contributed by atoms with Crippen LogP contribution < -0.4 is 10.1 Å². The van der Waals surface area contributed by atoms with Crippen molar-refractivity contribution in [2.24, 2.45) is 0 Å². The van der Waals surface area contributed by atoms with Crippen LogP contribution in [0.15, 0.2) is 24.3 Å². The van der Waals surface area contributed by atoms with Crippen LogP contribution in [0.4, 0.5) is 0 Å². The zero-order chi connectivity index (χ0) is 15.5. The number of ether oxygens (including phenoxy) is 3. The predicted molar refractivity (Wildman–Crippen MR) is 85.0 cm³/mol. The molecule has 1 rings (SSSR count).